The van der Waals surface area contributed by atoms with Gasteiger partial charge in [-0.05, 0) is 48.9 Å². The molecule has 4 rings (SSSR count). The molecule has 2 aliphatic rings. The first-order valence-electron chi connectivity index (χ1n) is 9.34. The minimum atomic E-state index is -0.889. The van der Waals surface area contributed by atoms with Gasteiger partial charge in [-0.3, -0.25) is 4.90 Å². The smallest absolute Gasteiger partial charge is 0.335 e. The Labute approximate surface area is 154 Å². The number of rotatable bonds is 6. The Bertz CT molecular complexity index is 774. The summed E-state index contributed by atoms with van der Waals surface area (Å²) in [6, 6.07) is 18.5. The molecule has 2 bridgehead atoms. The van der Waals surface area contributed by atoms with E-state index in [-0.39, 0.29) is 12.0 Å². The van der Waals surface area contributed by atoms with Crippen LogP contribution in [0.5, 0.6) is 0 Å². The van der Waals surface area contributed by atoms with Crippen molar-refractivity contribution >= 4 is 5.97 Å². The van der Waals surface area contributed by atoms with Gasteiger partial charge in [0, 0.05) is 24.0 Å². The predicted octanol–water partition coefficient (Wildman–Crippen LogP) is 3.34. The molecule has 0 aromatic heterocycles. The van der Waals surface area contributed by atoms with Gasteiger partial charge in [-0.15, -0.1) is 0 Å². The summed E-state index contributed by atoms with van der Waals surface area (Å²) < 4.78 is 0. The van der Waals surface area contributed by atoms with Gasteiger partial charge in [0.1, 0.15) is 0 Å². The van der Waals surface area contributed by atoms with E-state index in [0.29, 0.717) is 17.6 Å². The second kappa shape index (κ2) is 6.86. The Hall–Kier alpha value is -2.17. The highest BCUT2D eigenvalue weighted by molar-refractivity contribution is 5.87. The summed E-state index contributed by atoms with van der Waals surface area (Å²) in [6.45, 7) is 1.04. The molecule has 0 unspecified atom stereocenters. The van der Waals surface area contributed by atoms with Crippen molar-refractivity contribution in [2.75, 3.05) is 6.61 Å². The third-order valence-corrected chi connectivity index (χ3v) is 6.27. The summed E-state index contributed by atoms with van der Waals surface area (Å²) in [6.07, 6.45) is 4.27. The Morgan fingerprint density at radius 2 is 1.77 bits per heavy atom. The average molecular weight is 351 g/mol. The van der Waals surface area contributed by atoms with Crippen LogP contribution >= 0.6 is 0 Å². The molecule has 2 aliphatic heterocycles. The van der Waals surface area contributed by atoms with Crippen molar-refractivity contribution < 1.29 is 15.0 Å². The molecule has 136 valence electrons. The third kappa shape index (κ3) is 3.04. The van der Waals surface area contributed by atoms with E-state index in [1.165, 1.54) is 12.0 Å². The number of carboxylic acid groups (broad SMARTS) is 1. The van der Waals surface area contributed by atoms with Gasteiger partial charge in [-0.2, -0.15) is 0 Å². The first-order valence-corrected chi connectivity index (χ1v) is 9.34. The van der Waals surface area contributed by atoms with E-state index in [9.17, 15) is 9.90 Å². The fourth-order valence-electron chi connectivity index (χ4n) is 5.04. The molecule has 2 N–H and O–H groups in total. The van der Waals surface area contributed by atoms with Crippen molar-refractivity contribution in [3.8, 4) is 0 Å². The van der Waals surface area contributed by atoms with E-state index in [1.54, 1.807) is 12.1 Å². The van der Waals surface area contributed by atoms with Crippen LogP contribution in [0.2, 0.25) is 0 Å². The molecule has 0 aliphatic carbocycles. The molecule has 0 radical (unpaired) electrons. The largest absolute Gasteiger partial charge is 0.478 e. The summed E-state index contributed by atoms with van der Waals surface area (Å²) in [5, 5.41) is 19.3. The maximum atomic E-state index is 11.0. The van der Waals surface area contributed by atoms with Crippen LogP contribution in [0.25, 0.3) is 0 Å². The minimum Gasteiger partial charge on any atom is -0.478 e. The highest BCUT2D eigenvalue weighted by Crippen LogP contribution is 2.51. The Morgan fingerprint density at radius 3 is 2.42 bits per heavy atom. The number of aromatic carboxylic acids is 1. The number of hydrogen-bond acceptors (Lipinski definition) is 3. The van der Waals surface area contributed by atoms with Crippen molar-refractivity contribution in [1.29, 1.82) is 0 Å². The van der Waals surface area contributed by atoms with Crippen LogP contribution in [0.15, 0.2) is 54.6 Å². The Kier molecular flexibility index (Phi) is 4.55. The number of aliphatic hydroxyl groups excluding tert-OH is 1. The fourth-order valence-corrected chi connectivity index (χ4v) is 5.04. The van der Waals surface area contributed by atoms with Crippen LogP contribution in [0.4, 0.5) is 0 Å². The lowest BCUT2D eigenvalue weighted by molar-refractivity contribution is 0.0696. The predicted molar refractivity (Wildman–Crippen MR) is 100 cm³/mol. The zero-order valence-electron chi connectivity index (χ0n) is 14.8. The molecule has 3 atom stereocenters. The van der Waals surface area contributed by atoms with Gasteiger partial charge in [0.15, 0.2) is 0 Å². The van der Waals surface area contributed by atoms with E-state index >= 15 is 0 Å². The molecular formula is C22H25NO3. The highest BCUT2D eigenvalue weighted by Gasteiger charge is 2.55. The number of nitrogens with zero attached hydrogens (tertiary/aromatic N) is 1. The van der Waals surface area contributed by atoms with Crippen LogP contribution in [-0.2, 0) is 13.0 Å². The normalized spacial score (nSPS) is 27.7. The average Bonchev–Trinajstić information content (AvgIpc) is 3.18. The zero-order chi connectivity index (χ0) is 18.1. The molecule has 4 nitrogen and oxygen atoms in total. The van der Waals surface area contributed by atoms with Gasteiger partial charge in [0.25, 0.3) is 0 Å². The van der Waals surface area contributed by atoms with E-state index in [4.69, 9.17) is 5.11 Å². The van der Waals surface area contributed by atoms with Gasteiger partial charge in [-0.1, -0.05) is 42.5 Å². The number of aliphatic hydroxyl groups is 1. The van der Waals surface area contributed by atoms with E-state index in [0.717, 1.165) is 31.4 Å². The van der Waals surface area contributed by atoms with Gasteiger partial charge < -0.3 is 10.2 Å². The molecule has 4 heteroatoms. The van der Waals surface area contributed by atoms with Crippen molar-refractivity contribution in [3.63, 3.8) is 0 Å². The molecule has 0 saturated carbocycles. The standard InChI is InChI=1S/C22H25NO3/c24-15-22(12-16-4-2-1-3-5-16)13-19-10-11-20(22)23(19)14-17-6-8-18(9-7-17)21(25)26/h1-9,19-20,24H,10-15H2,(H,25,26)/t19-,20+,22-/m0/s1. The number of carbonyl (C=O) groups is 1. The van der Waals surface area contributed by atoms with E-state index in [2.05, 4.69) is 29.2 Å². The summed E-state index contributed by atoms with van der Waals surface area (Å²) in [7, 11) is 0. The quantitative estimate of drug-likeness (QED) is 0.838. The maximum absolute atomic E-state index is 11.0. The maximum Gasteiger partial charge on any atom is 0.335 e. The second-order valence-corrected chi connectivity index (χ2v) is 7.81. The van der Waals surface area contributed by atoms with Crippen LogP contribution in [-0.4, -0.2) is 39.8 Å². The SMILES string of the molecule is O=C(O)c1ccc(CN2[C@H]3CC[C@@H]2[C@@](CO)(Cc2ccccc2)C3)cc1. The molecule has 0 amide bonds. The number of hydrogen-bond donors (Lipinski definition) is 2. The van der Waals surface area contributed by atoms with Crippen molar-refractivity contribution in [3.05, 3.63) is 71.3 Å². The molecule has 26 heavy (non-hydrogen) atoms. The third-order valence-electron chi connectivity index (χ3n) is 6.27. The lowest BCUT2D eigenvalue weighted by Gasteiger charge is -2.36. The molecule has 2 saturated heterocycles. The fraction of sp³-hybridized carbons (Fsp3) is 0.409. The van der Waals surface area contributed by atoms with Gasteiger partial charge in [0.2, 0.25) is 0 Å². The van der Waals surface area contributed by atoms with Crippen LogP contribution < -0.4 is 0 Å². The summed E-state index contributed by atoms with van der Waals surface area (Å²) in [5.74, 6) is -0.889. The van der Waals surface area contributed by atoms with Crippen LogP contribution in [0.1, 0.15) is 40.7 Å². The molecule has 2 aromatic carbocycles. The van der Waals surface area contributed by atoms with Crippen LogP contribution in [0.3, 0.4) is 0 Å². The summed E-state index contributed by atoms with van der Waals surface area (Å²) in [4.78, 5) is 13.6. The van der Waals surface area contributed by atoms with Crippen molar-refractivity contribution in [2.45, 2.75) is 44.3 Å². The Morgan fingerprint density at radius 1 is 1.04 bits per heavy atom. The molecule has 2 heterocycles. The second-order valence-electron chi connectivity index (χ2n) is 7.81. The lowest BCUT2D eigenvalue weighted by Crippen LogP contribution is -2.41. The highest BCUT2D eigenvalue weighted by atomic mass is 16.4. The van der Waals surface area contributed by atoms with Gasteiger partial charge >= 0.3 is 5.97 Å². The summed E-state index contributed by atoms with van der Waals surface area (Å²) in [5.41, 5.74) is 2.69. The molecule has 0 spiro atoms. The number of fused-ring (bicyclic) bond motifs is 2. The minimum absolute atomic E-state index is 0.0642. The first kappa shape index (κ1) is 17.3. The lowest BCUT2D eigenvalue weighted by atomic mass is 9.70. The van der Waals surface area contributed by atoms with Crippen LogP contribution in [0, 0.1) is 5.41 Å². The number of carboxylic acids is 1. The Balaban J connectivity index is 1.52. The van der Waals surface area contributed by atoms with E-state index < -0.39 is 5.97 Å². The first-order chi connectivity index (χ1) is 12.6. The molecule has 2 aromatic rings. The van der Waals surface area contributed by atoms with Crippen molar-refractivity contribution in [1.82, 2.24) is 4.90 Å². The molecular weight excluding hydrogens is 326 g/mol. The summed E-state index contributed by atoms with van der Waals surface area (Å²) >= 11 is 0. The number of benzene rings is 2. The monoisotopic (exact) mass is 351 g/mol. The van der Waals surface area contributed by atoms with Gasteiger partial charge in [-0.25, -0.2) is 4.79 Å². The van der Waals surface area contributed by atoms with Crippen molar-refractivity contribution in [2.24, 2.45) is 5.41 Å². The topological polar surface area (TPSA) is 60.8 Å². The van der Waals surface area contributed by atoms with Gasteiger partial charge in [0.05, 0.1) is 12.2 Å². The zero-order valence-corrected chi connectivity index (χ0v) is 14.8. The van der Waals surface area contributed by atoms with E-state index in [1.807, 2.05) is 18.2 Å². The molecule has 2 fully saturated rings.